The van der Waals surface area contributed by atoms with E-state index in [0.717, 1.165) is 44.0 Å². The fraction of sp³-hybridized carbons (Fsp3) is 0.643. The summed E-state index contributed by atoms with van der Waals surface area (Å²) in [5.74, 6) is 2.09. The molecule has 2 aliphatic heterocycles. The number of nitrogen functional groups attached to an aromatic ring is 1. The molecule has 108 valence electrons. The molecule has 0 radical (unpaired) electrons. The number of nitrogens with one attached hydrogen (secondary N) is 1. The molecular formula is C14H21N5O. The highest BCUT2D eigenvalue weighted by molar-refractivity contribution is 5.77. The van der Waals surface area contributed by atoms with Crippen LogP contribution >= 0.6 is 0 Å². The Morgan fingerprint density at radius 3 is 3.10 bits per heavy atom. The molecule has 6 nitrogen and oxygen atoms in total. The van der Waals surface area contributed by atoms with E-state index in [2.05, 4.69) is 20.2 Å². The summed E-state index contributed by atoms with van der Waals surface area (Å²) in [6.07, 6.45) is 2.66. The highest BCUT2D eigenvalue weighted by Gasteiger charge is 2.33. The SMILES string of the molecule is Cc1cc(N)nc(CN2CCC3NC(=O)CCC3C2)n1. The van der Waals surface area contributed by atoms with Gasteiger partial charge in [-0.15, -0.1) is 0 Å². The third kappa shape index (κ3) is 2.90. The number of nitrogens with two attached hydrogens (primary N) is 1. The number of nitrogens with zero attached hydrogens (tertiary/aromatic N) is 3. The normalized spacial score (nSPS) is 26.9. The van der Waals surface area contributed by atoms with E-state index in [9.17, 15) is 4.79 Å². The van der Waals surface area contributed by atoms with Crippen LogP contribution in [0, 0.1) is 12.8 Å². The number of hydrogen-bond acceptors (Lipinski definition) is 5. The molecule has 3 N–H and O–H groups in total. The van der Waals surface area contributed by atoms with Crippen molar-refractivity contribution in [2.24, 2.45) is 5.92 Å². The summed E-state index contributed by atoms with van der Waals surface area (Å²) < 4.78 is 0. The van der Waals surface area contributed by atoms with Crippen LogP contribution in [0.3, 0.4) is 0 Å². The van der Waals surface area contributed by atoms with Gasteiger partial charge >= 0.3 is 0 Å². The Bertz CT molecular complexity index is 498. The van der Waals surface area contributed by atoms with Crippen molar-refractivity contribution in [3.8, 4) is 0 Å². The minimum Gasteiger partial charge on any atom is -0.384 e. The second-order valence-electron chi connectivity index (χ2n) is 5.85. The van der Waals surface area contributed by atoms with Crippen molar-refractivity contribution >= 4 is 11.7 Å². The van der Waals surface area contributed by atoms with Gasteiger partial charge in [0.25, 0.3) is 0 Å². The fourth-order valence-corrected chi connectivity index (χ4v) is 3.26. The number of amides is 1. The zero-order valence-corrected chi connectivity index (χ0v) is 11.8. The Balaban J connectivity index is 1.63. The lowest BCUT2D eigenvalue weighted by Crippen LogP contribution is -2.53. The van der Waals surface area contributed by atoms with Gasteiger partial charge < -0.3 is 11.1 Å². The molecule has 1 amide bonds. The molecular weight excluding hydrogens is 254 g/mol. The lowest BCUT2D eigenvalue weighted by atomic mass is 9.85. The summed E-state index contributed by atoms with van der Waals surface area (Å²) in [5.41, 5.74) is 6.68. The van der Waals surface area contributed by atoms with Crippen LogP contribution in [0.2, 0.25) is 0 Å². The second-order valence-corrected chi connectivity index (χ2v) is 5.85. The van der Waals surface area contributed by atoms with E-state index in [1.807, 2.05) is 6.92 Å². The van der Waals surface area contributed by atoms with E-state index in [-0.39, 0.29) is 5.91 Å². The molecule has 1 aromatic rings. The maximum Gasteiger partial charge on any atom is 0.220 e. The maximum absolute atomic E-state index is 11.4. The van der Waals surface area contributed by atoms with Crippen molar-refractivity contribution in [2.75, 3.05) is 18.8 Å². The van der Waals surface area contributed by atoms with Gasteiger partial charge in [-0.05, 0) is 25.7 Å². The predicted molar refractivity (Wildman–Crippen MR) is 75.7 cm³/mol. The Labute approximate surface area is 118 Å². The molecule has 0 aliphatic carbocycles. The molecule has 2 fully saturated rings. The number of aromatic nitrogens is 2. The first-order valence-electron chi connectivity index (χ1n) is 7.22. The monoisotopic (exact) mass is 275 g/mol. The van der Waals surface area contributed by atoms with Crippen LogP contribution in [0.15, 0.2) is 6.07 Å². The summed E-state index contributed by atoms with van der Waals surface area (Å²) in [4.78, 5) is 22.5. The summed E-state index contributed by atoms with van der Waals surface area (Å²) in [5, 5.41) is 3.10. The van der Waals surface area contributed by atoms with E-state index in [0.29, 0.717) is 24.2 Å². The summed E-state index contributed by atoms with van der Waals surface area (Å²) >= 11 is 0. The summed E-state index contributed by atoms with van der Waals surface area (Å²) in [6, 6.07) is 2.14. The molecule has 0 bridgehead atoms. The molecule has 0 aromatic carbocycles. The highest BCUT2D eigenvalue weighted by atomic mass is 16.1. The molecule has 1 aromatic heterocycles. The van der Waals surface area contributed by atoms with Gasteiger partial charge in [0.1, 0.15) is 11.6 Å². The van der Waals surface area contributed by atoms with Crippen LogP contribution in [0.4, 0.5) is 5.82 Å². The van der Waals surface area contributed by atoms with Crippen molar-refractivity contribution in [1.29, 1.82) is 0 Å². The van der Waals surface area contributed by atoms with E-state index in [4.69, 9.17) is 5.73 Å². The van der Waals surface area contributed by atoms with Crippen LogP contribution < -0.4 is 11.1 Å². The molecule has 6 heteroatoms. The van der Waals surface area contributed by atoms with E-state index >= 15 is 0 Å². The van der Waals surface area contributed by atoms with E-state index in [1.54, 1.807) is 6.07 Å². The number of piperidine rings is 2. The van der Waals surface area contributed by atoms with Gasteiger partial charge in [-0.1, -0.05) is 0 Å². The fourth-order valence-electron chi connectivity index (χ4n) is 3.26. The van der Waals surface area contributed by atoms with Gasteiger partial charge in [0, 0.05) is 37.3 Å². The van der Waals surface area contributed by atoms with Gasteiger partial charge in [0.05, 0.1) is 6.54 Å². The predicted octanol–water partition coefficient (Wildman–Crippen LogP) is 0.468. The van der Waals surface area contributed by atoms with Gasteiger partial charge in [-0.2, -0.15) is 0 Å². The van der Waals surface area contributed by atoms with Gasteiger partial charge in [0.15, 0.2) is 0 Å². The molecule has 20 heavy (non-hydrogen) atoms. The average Bonchev–Trinajstić information content (AvgIpc) is 2.38. The standard InChI is InChI=1S/C14H21N5O/c1-9-6-12(15)18-13(16-9)8-19-5-4-11-10(7-19)2-3-14(20)17-11/h6,10-11H,2-5,7-8H2,1H3,(H,17,20)(H2,15,16,18). The number of likely N-dealkylation sites (tertiary alicyclic amines) is 1. The molecule has 0 saturated carbocycles. The van der Waals surface area contributed by atoms with Gasteiger partial charge in [-0.25, -0.2) is 9.97 Å². The summed E-state index contributed by atoms with van der Waals surface area (Å²) in [7, 11) is 0. The van der Waals surface area contributed by atoms with Crippen LogP contribution in [0.25, 0.3) is 0 Å². The van der Waals surface area contributed by atoms with Gasteiger partial charge in [-0.3, -0.25) is 9.69 Å². The zero-order valence-electron chi connectivity index (χ0n) is 11.8. The minimum atomic E-state index is 0.203. The number of aryl methyl sites for hydroxylation is 1. The van der Waals surface area contributed by atoms with Crippen molar-refractivity contribution < 1.29 is 4.79 Å². The Hall–Kier alpha value is -1.69. The minimum absolute atomic E-state index is 0.203. The van der Waals surface area contributed by atoms with Crippen LogP contribution in [-0.4, -0.2) is 39.9 Å². The highest BCUT2D eigenvalue weighted by Crippen LogP contribution is 2.25. The molecule has 2 unspecified atom stereocenters. The first-order chi connectivity index (χ1) is 9.60. The topological polar surface area (TPSA) is 84.1 Å². The number of hydrogen-bond donors (Lipinski definition) is 2. The molecule has 0 spiro atoms. The Morgan fingerprint density at radius 2 is 2.30 bits per heavy atom. The van der Waals surface area contributed by atoms with Crippen LogP contribution in [0.1, 0.15) is 30.8 Å². The third-order valence-electron chi connectivity index (χ3n) is 4.19. The average molecular weight is 275 g/mol. The smallest absolute Gasteiger partial charge is 0.220 e. The summed E-state index contributed by atoms with van der Waals surface area (Å²) in [6.45, 7) is 4.65. The molecule has 3 rings (SSSR count). The molecule has 2 aliphatic rings. The number of carbonyl (C=O) groups excluding carboxylic acids is 1. The molecule has 2 atom stereocenters. The number of fused-ring (bicyclic) bond motifs is 1. The first kappa shape index (κ1) is 13.3. The van der Waals surface area contributed by atoms with Crippen molar-refractivity contribution in [2.45, 2.75) is 38.8 Å². The third-order valence-corrected chi connectivity index (χ3v) is 4.19. The van der Waals surface area contributed by atoms with Crippen LogP contribution in [0.5, 0.6) is 0 Å². The van der Waals surface area contributed by atoms with Crippen molar-refractivity contribution in [3.05, 3.63) is 17.6 Å². The van der Waals surface area contributed by atoms with Gasteiger partial charge in [0.2, 0.25) is 5.91 Å². The zero-order chi connectivity index (χ0) is 14.1. The lowest BCUT2D eigenvalue weighted by molar-refractivity contribution is -0.125. The number of carbonyl (C=O) groups is 1. The van der Waals surface area contributed by atoms with Crippen LogP contribution in [-0.2, 0) is 11.3 Å². The number of anilines is 1. The quantitative estimate of drug-likeness (QED) is 0.819. The van der Waals surface area contributed by atoms with Crippen molar-refractivity contribution in [1.82, 2.24) is 20.2 Å². The molecule has 3 heterocycles. The van der Waals surface area contributed by atoms with E-state index in [1.165, 1.54) is 0 Å². The van der Waals surface area contributed by atoms with E-state index < -0.39 is 0 Å². The second kappa shape index (κ2) is 5.36. The molecule has 2 saturated heterocycles. The first-order valence-corrected chi connectivity index (χ1v) is 7.22. The lowest BCUT2D eigenvalue weighted by Gasteiger charge is -2.41. The Morgan fingerprint density at radius 1 is 1.45 bits per heavy atom. The van der Waals surface area contributed by atoms with Crippen molar-refractivity contribution in [3.63, 3.8) is 0 Å². The number of rotatable bonds is 2. The Kier molecular flexibility index (Phi) is 3.56. The largest absolute Gasteiger partial charge is 0.384 e. The maximum atomic E-state index is 11.4.